The minimum Gasteiger partial charge on any atom is -0.340 e. The van der Waals surface area contributed by atoms with Crippen molar-refractivity contribution in [2.45, 2.75) is 32.6 Å². The monoisotopic (exact) mass is 410 g/mol. The summed E-state index contributed by atoms with van der Waals surface area (Å²) in [5.74, 6) is -1.60. The van der Waals surface area contributed by atoms with Crippen molar-refractivity contribution in [1.82, 2.24) is 10.2 Å². The van der Waals surface area contributed by atoms with Gasteiger partial charge in [-0.25, -0.2) is 4.39 Å². The Kier molecular flexibility index (Phi) is 7.00. The van der Waals surface area contributed by atoms with Gasteiger partial charge in [0.1, 0.15) is 11.9 Å². The van der Waals surface area contributed by atoms with Crippen LogP contribution in [0.4, 0.5) is 17.6 Å². The summed E-state index contributed by atoms with van der Waals surface area (Å²) in [6.45, 7) is 3.62. The number of amides is 2. The number of nitrogens with one attached hydrogen (secondary N) is 1. The molecule has 0 fully saturated rings. The zero-order valence-corrected chi connectivity index (χ0v) is 16.3. The standard InChI is InChI=1S/C21H22F4N2O2/c1-13(2)18(26-19(28)15-6-10-17(22)11-7-15)20(29)27(3)12-14-4-8-16(9-5-14)21(23,24)25/h4-11,13,18H,12H2,1-3H3,(H,26,28). The van der Waals surface area contributed by atoms with Gasteiger partial charge in [0, 0.05) is 19.2 Å². The zero-order chi connectivity index (χ0) is 21.8. The maximum atomic E-state index is 13.0. The highest BCUT2D eigenvalue weighted by Gasteiger charge is 2.30. The highest BCUT2D eigenvalue weighted by molar-refractivity contribution is 5.97. The van der Waals surface area contributed by atoms with Gasteiger partial charge in [-0.1, -0.05) is 26.0 Å². The molecular weight excluding hydrogens is 388 g/mol. The van der Waals surface area contributed by atoms with Crippen molar-refractivity contribution in [3.8, 4) is 0 Å². The second-order valence-electron chi connectivity index (χ2n) is 7.09. The molecule has 156 valence electrons. The summed E-state index contributed by atoms with van der Waals surface area (Å²) in [7, 11) is 1.51. The van der Waals surface area contributed by atoms with Crippen LogP contribution in [-0.2, 0) is 17.5 Å². The van der Waals surface area contributed by atoms with Crippen LogP contribution in [0, 0.1) is 11.7 Å². The van der Waals surface area contributed by atoms with Crippen molar-refractivity contribution >= 4 is 11.8 Å². The first kappa shape index (κ1) is 22.4. The third kappa shape index (κ3) is 6.04. The number of rotatable bonds is 6. The lowest BCUT2D eigenvalue weighted by Crippen LogP contribution is -2.50. The lowest BCUT2D eigenvalue weighted by Gasteiger charge is -2.27. The van der Waals surface area contributed by atoms with E-state index in [2.05, 4.69) is 5.32 Å². The van der Waals surface area contributed by atoms with E-state index in [1.165, 1.54) is 36.2 Å². The molecule has 2 aromatic rings. The molecule has 0 aliphatic rings. The van der Waals surface area contributed by atoms with Gasteiger partial charge in [0.2, 0.25) is 5.91 Å². The van der Waals surface area contributed by atoms with Gasteiger partial charge in [-0.3, -0.25) is 9.59 Å². The zero-order valence-electron chi connectivity index (χ0n) is 16.3. The number of likely N-dealkylation sites (N-methyl/N-ethyl adjacent to an activating group) is 1. The Hall–Kier alpha value is -2.90. The Labute approximate surface area is 166 Å². The molecule has 2 rings (SSSR count). The second-order valence-corrected chi connectivity index (χ2v) is 7.09. The topological polar surface area (TPSA) is 49.4 Å². The smallest absolute Gasteiger partial charge is 0.340 e. The van der Waals surface area contributed by atoms with Crippen molar-refractivity contribution in [1.29, 1.82) is 0 Å². The SMILES string of the molecule is CC(C)C(NC(=O)c1ccc(F)cc1)C(=O)N(C)Cc1ccc(C(F)(F)F)cc1. The average Bonchev–Trinajstić information content (AvgIpc) is 2.65. The van der Waals surface area contributed by atoms with E-state index in [1.54, 1.807) is 13.8 Å². The lowest BCUT2D eigenvalue weighted by atomic mass is 10.0. The number of hydrogen-bond donors (Lipinski definition) is 1. The molecule has 4 nitrogen and oxygen atoms in total. The summed E-state index contributed by atoms with van der Waals surface area (Å²) < 4.78 is 51.0. The first-order valence-corrected chi connectivity index (χ1v) is 8.96. The maximum Gasteiger partial charge on any atom is 0.416 e. The summed E-state index contributed by atoms with van der Waals surface area (Å²) in [6, 6.07) is 8.65. The Morgan fingerprint density at radius 3 is 2.03 bits per heavy atom. The Balaban J connectivity index is 2.07. The van der Waals surface area contributed by atoms with Gasteiger partial charge in [0.05, 0.1) is 5.56 Å². The van der Waals surface area contributed by atoms with E-state index in [0.717, 1.165) is 24.3 Å². The van der Waals surface area contributed by atoms with E-state index in [0.29, 0.717) is 5.56 Å². The van der Waals surface area contributed by atoms with Crippen LogP contribution in [0.2, 0.25) is 0 Å². The van der Waals surface area contributed by atoms with Gasteiger partial charge < -0.3 is 10.2 Å². The number of alkyl halides is 3. The highest BCUT2D eigenvalue weighted by Crippen LogP contribution is 2.29. The van der Waals surface area contributed by atoms with E-state index in [9.17, 15) is 27.2 Å². The minimum atomic E-state index is -4.42. The number of halogens is 4. The van der Waals surface area contributed by atoms with E-state index >= 15 is 0 Å². The molecule has 1 N–H and O–H groups in total. The summed E-state index contributed by atoms with van der Waals surface area (Å²) in [5.41, 5.74) is -0.0155. The Morgan fingerprint density at radius 2 is 1.55 bits per heavy atom. The van der Waals surface area contributed by atoms with Crippen LogP contribution in [0.25, 0.3) is 0 Å². The number of carbonyl (C=O) groups is 2. The molecule has 0 aromatic heterocycles. The fourth-order valence-corrected chi connectivity index (χ4v) is 2.73. The molecule has 0 saturated carbocycles. The molecule has 2 aromatic carbocycles. The van der Waals surface area contributed by atoms with Gasteiger partial charge in [0.15, 0.2) is 0 Å². The Morgan fingerprint density at radius 1 is 1.00 bits per heavy atom. The molecule has 1 atom stereocenters. The normalized spacial score (nSPS) is 12.6. The summed E-state index contributed by atoms with van der Waals surface area (Å²) in [6.07, 6.45) is -4.42. The van der Waals surface area contributed by atoms with Gasteiger partial charge in [-0.2, -0.15) is 13.2 Å². The van der Waals surface area contributed by atoms with Crippen LogP contribution in [0.5, 0.6) is 0 Å². The number of benzene rings is 2. The fraction of sp³-hybridized carbons (Fsp3) is 0.333. The van der Waals surface area contributed by atoms with Crippen molar-refractivity contribution in [3.05, 3.63) is 71.0 Å². The summed E-state index contributed by atoms with van der Waals surface area (Å²) in [4.78, 5) is 26.5. The predicted octanol–water partition coefficient (Wildman–Crippen LogP) is 4.26. The molecular formula is C21H22F4N2O2. The number of carbonyl (C=O) groups excluding carboxylic acids is 2. The van der Waals surface area contributed by atoms with Crippen LogP contribution in [0.15, 0.2) is 48.5 Å². The van der Waals surface area contributed by atoms with Gasteiger partial charge in [-0.05, 0) is 47.9 Å². The molecule has 0 aliphatic heterocycles. The molecule has 0 aliphatic carbocycles. The first-order chi connectivity index (χ1) is 13.5. The Bertz CT molecular complexity index is 846. The maximum absolute atomic E-state index is 13.0. The van der Waals surface area contributed by atoms with Crippen LogP contribution < -0.4 is 5.32 Å². The first-order valence-electron chi connectivity index (χ1n) is 8.96. The summed E-state index contributed by atoms with van der Waals surface area (Å²) in [5, 5.41) is 2.65. The van der Waals surface area contributed by atoms with Crippen molar-refractivity contribution < 1.29 is 27.2 Å². The fourth-order valence-electron chi connectivity index (χ4n) is 2.73. The highest BCUT2D eigenvalue weighted by atomic mass is 19.4. The molecule has 1 unspecified atom stereocenters. The molecule has 8 heteroatoms. The van der Waals surface area contributed by atoms with Crippen LogP contribution in [-0.4, -0.2) is 29.8 Å². The third-order valence-electron chi connectivity index (χ3n) is 4.40. The summed E-state index contributed by atoms with van der Waals surface area (Å²) >= 11 is 0. The average molecular weight is 410 g/mol. The van der Waals surface area contributed by atoms with E-state index < -0.39 is 29.5 Å². The number of hydrogen-bond acceptors (Lipinski definition) is 2. The minimum absolute atomic E-state index is 0.0899. The number of nitrogens with zero attached hydrogens (tertiary/aromatic N) is 1. The molecule has 0 bridgehead atoms. The van der Waals surface area contributed by atoms with Gasteiger partial charge >= 0.3 is 6.18 Å². The van der Waals surface area contributed by atoms with Crippen LogP contribution >= 0.6 is 0 Å². The van der Waals surface area contributed by atoms with Crippen molar-refractivity contribution in [2.24, 2.45) is 5.92 Å². The lowest BCUT2D eigenvalue weighted by molar-refractivity contribution is -0.137. The quantitative estimate of drug-likeness (QED) is 0.724. The van der Waals surface area contributed by atoms with Gasteiger partial charge in [0.25, 0.3) is 5.91 Å². The molecule has 2 amide bonds. The van der Waals surface area contributed by atoms with Crippen molar-refractivity contribution in [3.63, 3.8) is 0 Å². The largest absolute Gasteiger partial charge is 0.416 e. The van der Waals surface area contributed by atoms with Crippen LogP contribution in [0.1, 0.15) is 35.3 Å². The second kappa shape index (κ2) is 9.07. The van der Waals surface area contributed by atoms with Crippen molar-refractivity contribution in [2.75, 3.05) is 7.05 Å². The molecule has 0 radical (unpaired) electrons. The van der Waals surface area contributed by atoms with Gasteiger partial charge in [-0.15, -0.1) is 0 Å². The molecule has 0 saturated heterocycles. The predicted molar refractivity (Wildman–Crippen MR) is 100 cm³/mol. The van der Waals surface area contributed by atoms with Crippen LogP contribution in [0.3, 0.4) is 0 Å². The van der Waals surface area contributed by atoms with E-state index in [-0.39, 0.29) is 23.9 Å². The molecule has 29 heavy (non-hydrogen) atoms. The molecule has 0 spiro atoms. The third-order valence-corrected chi connectivity index (χ3v) is 4.40. The molecule has 0 heterocycles. The van der Waals surface area contributed by atoms with E-state index in [1.807, 2.05) is 0 Å². The van der Waals surface area contributed by atoms with E-state index in [4.69, 9.17) is 0 Å².